The zero-order valence-electron chi connectivity index (χ0n) is 13.5. The van der Waals surface area contributed by atoms with Crippen LogP contribution in [0, 0.1) is 0 Å². The molecule has 124 valence electrons. The van der Waals surface area contributed by atoms with Crippen LogP contribution in [-0.4, -0.2) is 51.4 Å². The predicted octanol–water partition coefficient (Wildman–Crippen LogP) is 1.78. The minimum Gasteiger partial charge on any atom is -0.375 e. The molecule has 2 rings (SSSR count). The van der Waals surface area contributed by atoms with Crippen molar-refractivity contribution in [2.24, 2.45) is 0 Å². The third kappa shape index (κ3) is 4.52. The zero-order chi connectivity index (χ0) is 16.2. The van der Waals surface area contributed by atoms with Gasteiger partial charge in [-0.2, -0.15) is 0 Å². The second-order valence-corrected chi connectivity index (χ2v) is 8.12. The molecule has 2 atom stereocenters. The SMILES string of the molecule is CO[C@H](CN1CC[C@@H](S(=O)(=O)NC(C)C)C1)c1ccccc1. The Bertz CT molecular complexity index is 560. The van der Waals surface area contributed by atoms with Gasteiger partial charge in [0.1, 0.15) is 0 Å². The Morgan fingerprint density at radius 3 is 2.59 bits per heavy atom. The third-order valence-corrected chi connectivity index (χ3v) is 6.01. The molecule has 0 spiro atoms. The Morgan fingerprint density at radius 1 is 1.32 bits per heavy atom. The zero-order valence-corrected chi connectivity index (χ0v) is 14.3. The first-order chi connectivity index (χ1) is 10.4. The van der Waals surface area contributed by atoms with E-state index >= 15 is 0 Å². The van der Waals surface area contributed by atoms with Gasteiger partial charge in [0.2, 0.25) is 10.0 Å². The molecule has 0 unspecified atom stereocenters. The molecule has 0 saturated carbocycles. The molecule has 1 heterocycles. The predicted molar refractivity (Wildman–Crippen MR) is 88.2 cm³/mol. The lowest BCUT2D eigenvalue weighted by Crippen LogP contribution is -2.40. The van der Waals surface area contributed by atoms with Crippen molar-refractivity contribution in [1.82, 2.24) is 9.62 Å². The Labute approximate surface area is 133 Å². The van der Waals surface area contributed by atoms with E-state index in [0.29, 0.717) is 19.5 Å². The molecule has 1 saturated heterocycles. The molecule has 5 nitrogen and oxygen atoms in total. The van der Waals surface area contributed by atoms with Crippen LogP contribution in [0.3, 0.4) is 0 Å². The molecular weight excluding hydrogens is 300 g/mol. The van der Waals surface area contributed by atoms with Crippen LogP contribution in [-0.2, 0) is 14.8 Å². The van der Waals surface area contributed by atoms with Crippen LogP contribution in [0.25, 0.3) is 0 Å². The molecule has 1 N–H and O–H groups in total. The molecule has 1 aliphatic rings. The van der Waals surface area contributed by atoms with Crippen molar-refractivity contribution < 1.29 is 13.2 Å². The molecular formula is C16H26N2O3S. The van der Waals surface area contributed by atoms with E-state index in [1.54, 1.807) is 7.11 Å². The highest BCUT2D eigenvalue weighted by molar-refractivity contribution is 7.90. The van der Waals surface area contributed by atoms with Crippen LogP contribution >= 0.6 is 0 Å². The first-order valence-corrected chi connectivity index (χ1v) is 9.28. The van der Waals surface area contributed by atoms with Gasteiger partial charge in [0.25, 0.3) is 0 Å². The van der Waals surface area contributed by atoms with E-state index < -0.39 is 10.0 Å². The number of methoxy groups -OCH3 is 1. The number of rotatable bonds is 7. The van der Waals surface area contributed by atoms with Crippen molar-refractivity contribution in [2.75, 3.05) is 26.7 Å². The average Bonchev–Trinajstić information content (AvgIpc) is 2.94. The Hall–Kier alpha value is -0.950. The van der Waals surface area contributed by atoms with Gasteiger partial charge in [-0.15, -0.1) is 0 Å². The molecule has 0 aromatic heterocycles. The summed E-state index contributed by atoms with van der Waals surface area (Å²) in [7, 11) is -1.54. The summed E-state index contributed by atoms with van der Waals surface area (Å²) in [6.45, 7) is 5.76. The molecule has 1 aromatic rings. The molecule has 22 heavy (non-hydrogen) atoms. The standard InChI is InChI=1S/C16H26N2O3S/c1-13(2)17-22(19,20)15-9-10-18(11-15)12-16(21-3)14-7-5-4-6-8-14/h4-8,13,15-17H,9-12H2,1-3H3/t15-,16-/m1/s1. The van der Waals surface area contributed by atoms with Crippen molar-refractivity contribution in [3.8, 4) is 0 Å². The summed E-state index contributed by atoms with van der Waals surface area (Å²) in [4.78, 5) is 2.17. The van der Waals surface area contributed by atoms with Gasteiger partial charge in [-0.05, 0) is 32.4 Å². The van der Waals surface area contributed by atoms with Crippen molar-refractivity contribution in [3.63, 3.8) is 0 Å². The van der Waals surface area contributed by atoms with Gasteiger partial charge in [-0.3, -0.25) is 4.90 Å². The summed E-state index contributed by atoms with van der Waals surface area (Å²) >= 11 is 0. The molecule has 0 bridgehead atoms. The van der Waals surface area contributed by atoms with Crippen LogP contribution in [0.5, 0.6) is 0 Å². The summed E-state index contributed by atoms with van der Waals surface area (Å²) in [6.07, 6.45) is 0.647. The van der Waals surface area contributed by atoms with Crippen LogP contribution in [0.1, 0.15) is 31.9 Å². The van der Waals surface area contributed by atoms with E-state index in [-0.39, 0.29) is 17.4 Å². The van der Waals surface area contributed by atoms with Crippen molar-refractivity contribution in [2.45, 2.75) is 37.7 Å². The molecule has 1 aliphatic heterocycles. The first kappa shape index (κ1) is 17.4. The van der Waals surface area contributed by atoms with Crippen molar-refractivity contribution in [3.05, 3.63) is 35.9 Å². The summed E-state index contributed by atoms with van der Waals surface area (Å²) < 4.78 is 32.8. The highest BCUT2D eigenvalue weighted by Gasteiger charge is 2.34. The minimum atomic E-state index is -3.23. The number of nitrogens with zero attached hydrogens (tertiary/aromatic N) is 1. The molecule has 0 radical (unpaired) electrons. The van der Waals surface area contributed by atoms with E-state index in [2.05, 4.69) is 9.62 Å². The lowest BCUT2D eigenvalue weighted by molar-refractivity contribution is 0.0711. The fourth-order valence-electron chi connectivity index (χ4n) is 2.86. The Kier molecular flexibility index (Phi) is 5.97. The molecule has 0 aliphatic carbocycles. The second kappa shape index (κ2) is 7.55. The summed E-state index contributed by atoms with van der Waals surface area (Å²) in [5, 5.41) is -0.330. The normalized spacial score (nSPS) is 21.4. The highest BCUT2D eigenvalue weighted by atomic mass is 32.2. The topological polar surface area (TPSA) is 58.6 Å². The minimum absolute atomic E-state index is 0.0271. The Balaban J connectivity index is 1.96. The van der Waals surface area contributed by atoms with E-state index in [9.17, 15) is 8.42 Å². The number of benzene rings is 1. The largest absolute Gasteiger partial charge is 0.375 e. The fraction of sp³-hybridized carbons (Fsp3) is 0.625. The molecule has 0 amide bonds. The second-order valence-electron chi connectivity index (χ2n) is 6.12. The lowest BCUT2D eigenvalue weighted by atomic mass is 10.1. The molecule has 1 aromatic carbocycles. The van der Waals surface area contributed by atoms with Gasteiger partial charge >= 0.3 is 0 Å². The van der Waals surface area contributed by atoms with Gasteiger partial charge in [0.15, 0.2) is 0 Å². The van der Waals surface area contributed by atoms with Gasteiger partial charge in [-0.1, -0.05) is 30.3 Å². The fourth-order valence-corrected chi connectivity index (χ4v) is 4.53. The molecule has 1 fully saturated rings. The van der Waals surface area contributed by atoms with E-state index in [1.807, 2.05) is 44.2 Å². The van der Waals surface area contributed by atoms with Gasteiger partial charge in [0, 0.05) is 26.2 Å². The number of hydrogen-bond donors (Lipinski definition) is 1. The van der Waals surface area contributed by atoms with Crippen LogP contribution in [0.2, 0.25) is 0 Å². The van der Waals surface area contributed by atoms with Crippen LogP contribution in [0.15, 0.2) is 30.3 Å². The number of likely N-dealkylation sites (tertiary alicyclic amines) is 1. The Morgan fingerprint density at radius 2 is 2.00 bits per heavy atom. The smallest absolute Gasteiger partial charge is 0.216 e. The van der Waals surface area contributed by atoms with E-state index in [4.69, 9.17) is 4.74 Å². The van der Waals surface area contributed by atoms with Crippen molar-refractivity contribution in [1.29, 1.82) is 0 Å². The quantitative estimate of drug-likeness (QED) is 0.830. The molecule has 6 heteroatoms. The summed E-state index contributed by atoms with van der Waals surface area (Å²) in [5.41, 5.74) is 1.12. The van der Waals surface area contributed by atoms with Gasteiger partial charge in [0.05, 0.1) is 11.4 Å². The first-order valence-electron chi connectivity index (χ1n) is 7.73. The lowest BCUT2D eigenvalue weighted by Gasteiger charge is -2.23. The number of hydrogen-bond acceptors (Lipinski definition) is 4. The van der Waals surface area contributed by atoms with Gasteiger partial charge in [-0.25, -0.2) is 13.1 Å². The average molecular weight is 326 g/mol. The number of nitrogens with one attached hydrogen (secondary N) is 1. The maximum absolute atomic E-state index is 12.2. The van der Waals surface area contributed by atoms with Gasteiger partial charge < -0.3 is 4.74 Å². The summed E-state index contributed by atoms with van der Waals surface area (Å²) in [5.74, 6) is 0. The van der Waals surface area contributed by atoms with E-state index in [1.165, 1.54) is 0 Å². The van der Waals surface area contributed by atoms with E-state index in [0.717, 1.165) is 12.1 Å². The van der Waals surface area contributed by atoms with Crippen molar-refractivity contribution >= 4 is 10.0 Å². The third-order valence-electron chi connectivity index (χ3n) is 3.95. The van der Waals surface area contributed by atoms with Crippen LogP contribution in [0.4, 0.5) is 0 Å². The maximum Gasteiger partial charge on any atom is 0.216 e. The highest BCUT2D eigenvalue weighted by Crippen LogP contribution is 2.22. The summed E-state index contributed by atoms with van der Waals surface area (Å²) in [6, 6.07) is 9.98. The van der Waals surface area contributed by atoms with Crippen LogP contribution < -0.4 is 4.72 Å². The number of ether oxygens (including phenoxy) is 1. The monoisotopic (exact) mass is 326 g/mol. The number of sulfonamides is 1. The maximum atomic E-state index is 12.2.